The number of hydrogen-bond acceptors (Lipinski definition) is 9. The number of allylic oxidation sites excluding steroid dienone is 1. The van der Waals surface area contributed by atoms with E-state index in [1.807, 2.05) is 6.92 Å². The first-order chi connectivity index (χ1) is 17.1. The first-order valence-corrected chi connectivity index (χ1v) is 13.8. The van der Waals surface area contributed by atoms with Gasteiger partial charge in [0, 0.05) is 17.0 Å². The van der Waals surface area contributed by atoms with Gasteiger partial charge in [0.05, 0.1) is 43.0 Å². The Labute approximate surface area is 217 Å². The van der Waals surface area contributed by atoms with Crippen molar-refractivity contribution in [1.29, 1.82) is 0 Å². The Hall–Kier alpha value is -3.06. The van der Waals surface area contributed by atoms with Gasteiger partial charge < -0.3 is 14.6 Å². The fourth-order valence-corrected chi connectivity index (χ4v) is 6.08. The minimum Gasteiger partial charge on any atom is -0.748 e. The standard InChI is InChI=1S/C24H22N2O7S3/c1-2-33-15-9-7-14(8-10-15)25-19(27)13-26-18-6-4-3-5-16(18)20(23(26)29)22-21(28)17(24(34)35-22)11-12-36(30,31)32/h3-10,17H,2,11-13H2,1H3,(H,25,27)(H,30,31,32)/p-1/b22-20-. The van der Waals surface area contributed by atoms with Crippen LogP contribution in [0.25, 0.3) is 5.57 Å². The van der Waals surface area contributed by atoms with E-state index in [0.717, 1.165) is 11.8 Å². The van der Waals surface area contributed by atoms with Crippen molar-refractivity contribution in [2.75, 3.05) is 29.1 Å². The van der Waals surface area contributed by atoms with Crippen LogP contribution in [-0.2, 0) is 24.5 Å². The van der Waals surface area contributed by atoms with Gasteiger partial charge in [-0.2, -0.15) is 0 Å². The zero-order chi connectivity index (χ0) is 26.0. The maximum absolute atomic E-state index is 13.4. The van der Waals surface area contributed by atoms with Gasteiger partial charge in [-0.05, 0) is 43.7 Å². The van der Waals surface area contributed by atoms with Crippen molar-refractivity contribution in [3.8, 4) is 5.75 Å². The highest BCUT2D eigenvalue weighted by atomic mass is 32.2. The van der Waals surface area contributed by atoms with Crippen LogP contribution in [0.15, 0.2) is 53.4 Å². The van der Waals surface area contributed by atoms with Gasteiger partial charge in [0.2, 0.25) is 5.91 Å². The summed E-state index contributed by atoms with van der Waals surface area (Å²) in [5.74, 6) is -2.48. The number of carbonyl (C=O) groups excluding carboxylic acids is 3. The second kappa shape index (κ2) is 10.5. The first kappa shape index (κ1) is 26.0. The number of thiocarbonyl (C=S) groups is 1. The second-order valence-electron chi connectivity index (χ2n) is 8.01. The van der Waals surface area contributed by atoms with Gasteiger partial charge in [-0.1, -0.05) is 42.2 Å². The summed E-state index contributed by atoms with van der Waals surface area (Å²) in [6.45, 7) is 2.09. The summed E-state index contributed by atoms with van der Waals surface area (Å²) in [6.07, 6.45) is -0.239. The van der Waals surface area contributed by atoms with Crippen LogP contribution >= 0.6 is 24.0 Å². The van der Waals surface area contributed by atoms with Crippen molar-refractivity contribution in [2.24, 2.45) is 5.92 Å². The van der Waals surface area contributed by atoms with E-state index in [4.69, 9.17) is 17.0 Å². The summed E-state index contributed by atoms with van der Waals surface area (Å²) in [6, 6.07) is 13.6. The Morgan fingerprint density at radius 3 is 2.53 bits per heavy atom. The fraction of sp³-hybridized carbons (Fsp3) is 0.250. The number of Topliss-reactive ketones (excluding diaryl/α,β-unsaturated/α-hetero) is 1. The van der Waals surface area contributed by atoms with Crippen molar-refractivity contribution in [2.45, 2.75) is 13.3 Å². The smallest absolute Gasteiger partial charge is 0.260 e. The van der Waals surface area contributed by atoms with Crippen molar-refractivity contribution in [3.05, 3.63) is 59.0 Å². The average Bonchev–Trinajstić information content (AvgIpc) is 3.25. The summed E-state index contributed by atoms with van der Waals surface area (Å²) in [5, 5.41) is 2.74. The zero-order valence-electron chi connectivity index (χ0n) is 19.1. The van der Waals surface area contributed by atoms with Gasteiger partial charge in [0.1, 0.15) is 12.3 Å². The predicted octanol–water partition coefficient (Wildman–Crippen LogP) is 2.98. The number of hydrogen-bond donors (Lipinski definition) is 1. The largest absolute Gasteiger partial charge is 0.748 e. The molecular weight excluding hydrogens is 524 g/mol. The Bertz CT molecular complexity index is 1380. The average molecular weight is 546 g/mol. The van der Waals surface area contributed by atoms with E-state index < -0.39 is 39.4 Å². The van der Waals surface area contributed by atoms with E-state index in [2.05, 4.69) is 5.32 Å². The lowest BCUT2D eigenvalue weighted by Crippen LogP contribution is -2.35. The van der Waals surface area contributed by atoms with E-state index in [-0.39, 0.29) is 27.6 Å². The lowest BCUT2D eigenvalue weighted by atomic mass is 9.98. The Balaban J connectivity index is 1.57. The molecule has 0 spiro atoms. The molecule has 0 radical (unpaired) electrons. The fourth-order valence-electron chi connectivity index (χ4n) is 3.97. The van der Waals surface area contributed by atoms with Gasteiger partial charge in [0.15, 0.2) is 5.78 Å². The van der Waals surface area contributed by atoms with Crippen LogP contribution in [-0.4, -0.2) is 53.7 Å². The number of amides is 2. The molecule has 0 saturated carbocycles. The first-order valence-electron chi connectivity index (χ1n) is 11.0. The number of nitrogens with zero attached hydrogens (tertiary/aromatic N) is 1. The SMILES string of the molecule is CCOc1ccc(NC(=O)CN2C(=O)/C(=C3\SC(=S)C(CCS(=O)(=O)[O-])C3=O)c3ccccc32)cc1. The molecule has 0 bridgehead atoms. The summed E-state index contributed by atoms with van der Waals surface area (Å²) < 4.78 is 38.7. The van der Waals surface area contributed by atoms with E-state index in [0.29, 0.717) is 29.3 Å². The zero-order valence-corrected chi connectivity index (χ0v) is 21.5. The molecule has 1 saturated heterocycles. The van der Waals surface area contributed by atoms with Gasteiger partial charge in [0.25, 0.3) is 5.91 Å². The third-order valence-corrected chi connectivity index (χ3v) is 7.95. The number of ether oxygens (including phenoxy) is 1. The quantitative estimate of drug-likeness (QED) is 0.302. The highest BCUT2D eigenvalue weighted by Crippen LogP contribution is 2.46. The highest BCUT2D eigenvalue weighted by molar-refractivity contribution is 8.27. The van der Waals surface area contributed by atoms with E-state index in [1.165, 1.54) is 4.90 Å². The summed E-state index contributed by atoms with van der Waals surface area (Å²) >= 11 is 6.20. The second-order valence-corrected chi connectivity index (χ2v) is 11.3. The van der Waals surface area contributed by atoms with Crippen LogP contribution in [0.4, 0.5) is 11.4 Å². The topological polar surface area (TPSA) is 133 Å². The molecular formula is C24H21N2O7S3-. The molecule has 12 heteroatoms. The molecule has 2 aromatic rings. The lowest BCUT2D eigenvalue weighted by molar-refractivity contribution is -0.118. The van der Waals surface area contributed by atoms with E-state index in [9.17, 15) is 27.4 Å². The van der Waals surface area contributed by atoms with Crippen LogP contribution < -0.4 is 15.0 Å². The normalized spacial score (nSPS) is 19.6. The van der Waals surface area contributed by atoms with Crippen LogP contribution in [0.1, 0.15) is 18.9 Å². The number of para-hydroxylation sites is 1. The maximum Gasteiger partial charge on any atom is 0.260 e. The van der Waals surface area contributed by atoms with Gasteiger partial charge in [-0.15, -0.1) is 0 Å². The molecule has 1 atom stereocenters. The molecule has 2 amide bonds. The number of anilines is 2. The number of rotatable bonds is 8. The molecule has 1 fully saturated rings. The number of nitrogens with one attached hydrogen (secondary N) is 1. The number of carbonyl (C=O) groups is 3. The highest BCUT2D eigenvalue weighted by Gasteiger charge is 2.43. The monoisotopic (exact) mass is 545 g/mol. The minimum atomic E-state index is -4.52. The van der Waals surface area contributed by atoms with Crippen LogP contribution in [0, 0.1) is 5.92 Å². The molecule has 36 heavy (non-hydrogen) atoms. The molecule has 9 nitrogen and oxygen atoms in total. The number of fused-ring (bicyclic) bond motifs is 1. The Morgan fingerprint density at radius 1 is 1.17 bits per heavy atom. The molecule has 188 valence electrons. The number of benzene rings is 2. The summed E-state index contributed by atoms with van der Waals surface area (Å²) in [5.41, 5.74) is 1.60. The van der Waals surface area contributed by atoms with Crippen LogP contribution in [0.5, 0.6) is 5.75 Å². The van der Waals surface area contributed by atoms with Crippen LogP contribution in [0.3, 0.4) is 0 Å². The summed E-state index contributed by atoms with van der Waals surface area (Å²) in [7, 11) is -4.52. The van der Waals surface area contributed by atoms with Crippen LogP contribution in [0.2, 0.25) is 0 Å². The van der Waals surface area contributed by atoms with Crippen molar-refractivity contribution in [1.82, 2.24) is 0 Å². The minimum absolute atomic E-state index is 0.0974. The van der Waals surface area contributed by atoms with Crippen molar-refractivity contribution in [3.63, 3.8) is 0 Å². The molecule has 2 heterocycles. The van der Waals surface area contributed by atoms with Gasteiger partial charge >= 0.3 is 0 Å². The van der Waals surface area contributed by atoms with E-state index in [1.54, 1.807) is 48.5 Å². The maximum atomic E-state index is 13.4. The Kier molecular flexibility index (Phi) is 7.59. The molecule has 0 aliphatic carbocycles. The predicted molar refractivity (Wildman–Crippen MR) is 140 cm³/mol. The van der Waals surface area contributed by atoms with Crippen molar-refractivity contribution < 1.29 is 32.1 Å². The molecule has 4 rings (SSSR count). The number of ketones is 1. The molecule has 2 aliphatic rings. The molecule has 1 N–H and O–H groups in total. The molecule has 2 aromatic carbocycles. The lowest BCUT2D eigenvalue weighted by Gasteiger charge is -2.17. The number of thioether (sulfide) groups is 1. The van der Waals surface area contributed by atoms with Gasteiger partial charge in [-0.25, -0.2) is 8.42 Å². The third-order valence-electron chi connectivity index (χ3n) is 5.59. The van der Waals surface area contributed by atoms with E-state index >= 15 is 0 Å². The van der Waals surface area contributed by atoms with Gasteiger partial charge in [-0.3, -0.25) is 19.3 Å². The van der Waals surface area contributed by atoms with Crippen molar-refractivity contribution >= 4 is 72.8 Å². The molecule has 0 aromatic heterocycles. The molecule has 1 unspecified atom stereocenters. The Morgan fingerprint density at radius 2 is 1.86 bits per heavy atom. The summed E-state index contributed by atoms with van der Waals surface area (Å²) in [4.78, 5) is 40.7. The third kappa shape index (κ3) is 5.51. The molecule has 2 aliphatic heterocycles.